The molecule has 1 atom stereocenters. The molecular formula is C32H27Cl2N3O4S. The highest BCUT2D eigenvalue weighted by Gasteiger charge is 2.17. The minimum absolute atomic E-state index is 0.0585. The van der Waals surface area contributed by atoms with Crippen LogP contribution in [-0.2, 0) is 9.59 Å². The number of hydrogen-bond acceptors (Lipinski definition) is 5. The van der Waals surface area contributed by atoms with Crippen molar-refractivity contribution in [2.24, 2.45) is 0 Å². The van der Waals surface area contributed by atoms with Gasteiger partial charge in [-0.3, -0.25) is 14.4 Å². The van der Waals surface area contributed by atoms with Gasteiger partial charge in [0, 0.05) is 21.8 Å². The van der Waals surface area contributed by atoms with E-state index in [1.807, 2.05) is 0 Å². The normalized spacial score (nSPS) is 11.8. The SMILES string of the molecule is COc1cccc(/C=C(\NC(=O)c2ccccc2)C(=O)Nc2ccc(SC(C)C(=O)Nc3ccc(Cl)c(Cl)c3)cc2)c1. The van der Waals surface area contributed by atoms with E-state index in [2.05, 4.69) is 16.0 Å². The summed E-state index contributed by atoms with van der Waals surface area (Å²) in [6.45, 7) is 1.79. The Balaban J connectivity index is 1.44. The van der Waals surface area contributed by atoms with Crippen molar-refractivity contribution in [1.29, 1.82) is 0 Å². The van der Waals surface area contributed by atoms with Gasteiger partial charge in [-0.05, 0) is 85.3 Å². The molecular weight excluding hydrogens is 593 g/mol. The number of carbonyl (C=O) groups excluding carboxylic acids is 3. The highest BCUT2D eigenvalue weighted by atomic mass is 35.5. The van der Waals surface area contributed by atoms with Crippen molar-refractivity contribution in [2.45, 2.75) is 17.1 Å². The summed E-state index contributed by atoms with van der Waals surface area (Å²) in [6.07, 6.45) is 1.58. The van der Waals surface area contributed by atoms with Gasteiger partial charge in [-0.15, -0.1) is 11.8 Å². The van der Waals surface area contributed by atoms with Gasteiger partial charge >= 0.3 is 0 Å². The lowest BCUT2D eigenvalue weighted by molar-refractivity contribution is -0.115. The summed E-state index contributed by atoms with van der Waals surface area (Å²) in [5.74, 6) is -0.500. The predicted molar refractivity (Wildman–Crippen MR) is 170 cm³/mol. The molecule has 10 heteroatoms. The molecule has 42 heavy (non-hydrogen) atoms. The van der Waals surface area contributed by atoms with E-state index in [0.717, 1.165) is 4.90 Å². The van der Waals surface area contributed by atoms with Crippen LogP contribution in [0.5, 0.6) is 5.75 Å². The number of hydrogen-bond donors (Lipinski definition) is 3. The zero-order valence-electron chi connectivity index (χ0n) is 22.7. The third kappa shape index (κ3) is 8.63. The van der Waals surface area contributed by atoms with E-state index < -0.39 is 17.1 Å². The van der Waals surface area contributed by atoms with Crippen molar-refractivity contribution in [2.75, 3.05) is 17.7 Å². The Morgan fingerprint density at radius 1 is 0.810 bits per heavy atom. The third-order valence-corrected chi connectivity index (χ3v) is 7.77. The highest BCUT2D eigenvalue weighted by molar-refractivity contribution is 8.00. The average Bonchev–Trinajstić information content (AvgIpc) is 3.00. The topological polar surface area (TPSA) is 96.5 Å². The van der Waals surface area contributed by atoms with Crippen LogP contribution in [0.15, 0.2) is 108 Å². The second kappa shape index (κ2) is 14.6. The molecule has 0 aliphatic carbocycles. The quantitative estimate of drug-likeness (QED) is 0.126. The first-order valence-corrected chi connectivity index (χ1v) is 14.4. The number of benzene rings is 4. The van der Waals surface area contributed by atoms with Gasteiger partial charge in [-0.2, -0.15) is 0 Å². The zero-order chi connectivity index (χ0) is 30.1. The molecule has 4 rings (SSSR count). The monoisotopic (exact) mass is 619 g/mol. The van der Waals surface area contributed by atoms with Crippen molar-refractivity contribution >= 4 is 70.1 Å². The van der Waals surface area contributed by atoms with E-state index in [-0.39, 0.29) is 11.6 Å². The molecule has 0 fully saturated rings. The van der Waals surface area contributed by atoms with E-state index in [4.69, 9.17) is 27.9 Å². The maximum atomic E-state index is 13.3. The average molecular weight is 621 g/mol. The number of thioether (sulfide) groups is 1. The van der Waals surface area contributed by atoms with E-state index in [0.29, 0.717) is 38.3 Å². The summed E-state index contributed by atoms with van der Waals surface area (Å²) < 4.78 is 5.28. The molecule has 4 aromatic rings. The van der Waals surface area contributed by atoms with Crippen LogP contribution in [0.25, 0.3) is 6.08 Å². The molecule has 3 N–H and O–H groups in total. The fourth-order valence-electron chi connectivity index (χ4n) is 3.73. The number of halogens is 2. The number of rotatable bonds is 10. The predicted octanol–water partition coefficient (Wildman–Crippen LogP) is 7.53. The highest BCUT2D eigenvalue weighted by Crippen LogP contribution is 2.28. The maximum Gasteiger partial charge on any atom is 0.272 e. The molecule has 0 bridgehead atoms. The number of nitrogens with one attached hydrogen (secondary N) is 3. The fourth-order valence-corrected chi connectivity index (χ4v) is 4.90. The second-order valence-electron chi connectivity index (χ2n) is 9.01. The van der Waals surface area contributed by atoms with Crippen LogP contribution < -0.4 is 20.7 Å². The van der Waals surface area contributed by atoms with E-state index in [1.54, 1.807) is 117 Å². The first kappa shape index (κ1) is 30.7. The van der Waals surface area contributed by atoms with Gasteiger partial charge in [-0.25, -0.2) is 0 Å². The molecule has 7 nitrogen and oxygen atoms in total. The molecule has 0 spiro atoms. The molecule has 0 heterocycles. The first-order chi connectivity index (χ1) is 20.2. The van der Waals surface area contributed by atoms with E-state index in [1.165, 1.54) is 11.8 Å². The van der Waals surface area contributed by atoms with Gasteiger partial charge in [0.25, 0.3) is 11.8 Å². The Bertz CT molecular complexity index is 1610. The summed E-state index contributed by atoms with van der Waals surface area (Å²) >= 11 is 13.3. The van der Waals surface area contributed by atoms with Crippen molar-refractivity contribution in [3.05, 3.63) is 124 Å². The van der Waals surface area contributed by atoms with E-state index in [9.17, 15) is 14.4 Å². The third-order valence-electron chi connectivity index (χ3n) is 5.92. The zero-order valence-corrected chi connectivity index (χ0v) is 25.0. The lowest BCUT2D eigenvalue weighted by atomic mass is 10.1. The Morgan fingerprint density at radius 2 is 1.52 bits per heavy atom. The van der Waals surface area contributed by atoms with Gasteiger partial charge < -0.3 is 20.7 Å². The Hall–Kier alpha value is -4.24. The van der Waals surface area contributed by atoms with Crippen LogP contribution >= 0.6 is 35.0 Å². The summed E-state index contributed by atoms with van der Waals surface area (Å²) in [6, 6.07) is 27.7. The molecule has 1 unspecified atom stereocenters. The number of anilines is 2. The van der Waals surface area contributed by atoms with Crippen LogP contribution in [0.2, 0.25) is 10.0 Å². The number of carbonyl (C=O) groups is 3. The van der Waals surface area contributed by atoms with Crippen molar-refractivity contribution < 1.29 is 19.1 Å². The summed E-state index contributed by atoms with van der Waals surface area (Å²) in [5, 5.41) is 8.73. The van der Waals surface area contributed by atoms with Crippen molar-refractivity contribution in [3.63, 3.8) is 0 Å². The molecule has 4 aromatic carbocycles. The fraction of sp³-hybridized carbons (Fsp3) is 0.0938. The van der Waals surface area contributed by atoms with E-state index >= 15 is 0 Å². The lowest BCUT2D eigenvalue weighted by Gasteiger charge is -2.14. The number of amides is 3. The van der Waals surface area contributed by atoms with Gasteiger partial charge in [0.2, 0.25) is 5.91 Å². The molecule has 3 amide bonds. The molecule has 0 saturated heterocycles. The lowest BCUT2D eigenvalue weighted by Crippen LogP contribution is -2.30. The second-order valence-corrected chi connectivity index (χ2v) is 11.2. The maximum absolute atomic E-state index is 13.3. The van der Waals surface area contributed by atoms with Crippen LogP contribution in [0, 0.1) is 0 Å². The number of ether oxygens (including phenoxy) is 1. The van der Waals surface area contributed by atoms with Gasteiger partial charge in [0.05, 0.1) is 22.4 Å². The smallest absolute Gasteiger partial charge is 0.272 e. The Kier molecular flexibility index (Phi) is 10.7. The number of methoxy groups -OCH3 is 1. The molecule has 0 aromatic heterocycles. The van der Waals surface area contributed by atoms with Crippen molar-refractivity contribution in [1.82, 2.24) is 5.32 Å². The Labute approximate surface area is 258 Å². The standard InChI is InChI=1S/C32H27Cl2N3O4S/c1-20(30(38)36-24-13-16-27(33)28(34)19-24)42-26-14-11-23(12-15-26)35-32(40)29(18-21-7-6-10-25(17-21)41-2)37-31(39)22-8-4-3-5-9-22/h3-20H,1-2H3,(H,35,40)(H,36,38)(H,37,39)/b29-18-. The minimum atomic E-state index is -0.503. The van der Waals surface area contributed by atoms with Gasteiger partial charge in [0.1, 0.15) is 11.4 Å². The van der Waals surface area contributed by atoms with Crippen LogP contribution in [0.3, 0.4) is 0 Å². The van der Waals surface area contributed by atoms with Gasteiger partial charge in [0.15, 0.2) is 0 Å². The van der Waals surface area contributed by atoms with Gasteiger partial charge in [-0.1, -0.05) is 53.5 Å². The van der Waals surface area contributed by atoms with Crippen LogP contribution in [-0.4, -0.2) is 30.1 Å². The summed E-state index contributed by atoms with van der Waals surface area (Å²) in [7, 11) is 1.55. The minimum Gasteiger partial charge on any atom is -0.497 e. The van der Waals surface area contributed by atoms with Crippen LogP contribution in [0.4, 0.5) is 11.4 Å². The van der Waals surface area contributed by atoms with Crippen molar-refractivity contribution in [3.8, 4) is 5.75 Å². The largest absolute Gasteiger partial charge is 0.497 e. The Morgan fingerprint density at radius 3 is 2.21 bits per heavy atom. The first-order valence-electron chi connectivity index (χ1n) is 12.8. The van der Waals surface area contributed by atoms with Crippen LogP contribution in [0.1, 0.15) is 22.8 Å². The molecule has 0 radical (unpaired) electrons. The molecule has 0 aliphatic rings. The summed E-state index contributed by atoms with van der Waals surface area (Å²) in [4.78, 5) is 39.7. The molecule has 0 aliphatic heterocycles. The summed E-state index contributed by atoms with van der Waals surface area (Å²) in [5.41, 5.74) is 2.22. The molecule has 214 valence electrons. The molecule has 0 saturated carbocycles.